The molecule has 1 heterocycles. The fraction of sp³-hybridized carbons (Fsp3) is 0.632. The van der Waals surface area contributed by atoms with Gasteiger partial charge in [-0.05, 0) is 51.2 Å². The van der Waals surface area contributed by atoms with E-state index in [1.54, 1.807) is 0 Å². The molecule has 0 saturated carbocycles. The van der Waals surface area contributed by atoms with Gasteiger partial charge in [-0.1, -0.05) is 24.3 Å². The molecule has 0 radical (unpaired) electrons. The summed E-state index contributed by atoms with van der Waals surface area (Å²) >= 11 is 0. The van der Waals surface area contributed by atoms with Crippen LogP contribution in [0.25, 0.3) is 0 Å². The van der Waals surface area contributed by atoms with Crippen molar-refractivity contribution in [3.8, 4) is 0 Å². The van der Waals surface area contributed by atoms with Crippen molar-refractivity contribution < 1.29 is 9.53 Å². The van der Waals surface area contributed by atoms with Crippen molar-refractivity contribution in [2.45, 2.75) is 51.7 Å². The average molecular weight is 316 g/mol. The van der Waals surface area contributed by atoms with Gasteiger partial charge in [-0.3, -0.25) is 4.90 Å². The molecule has 1 aliphatic carbocycles. The number of amides is 1. The van der Waals surface area contributed by atoms with Crippen molar-refractivity contribution in [1.82, 2.24) is 9.80 Å². The highest BCUT2D eigenvalue weighted by Crippen LogP contribution is 2.34. The first-order valence-corrected chi connectivity index (χ1v) is 8.74. The summed E-state index contributed by atoms with van der Waals surface area (Å²) in [6.45, 7) is 9.12. The molecule has 1 amide bonds. The molecule has 4 heteroatoms. The fourth-order valence-electron chi connectivity index (χ4n) is 3.65. The molecule has 4 nitrogen and oxygen atoms in total. The van der Waals surface area contributed by atoms with Crippen LogP contribution in [-0.2, 0) is 11.2 Å². The van der Waals surface area contributed by atoms with Crippen molar-refractivity contribution in [3.05, 3.63) is 35.4 Å². The molecule has 1 aromatic carbocycles. The summed E-state index contributed by atoms with van der Waals surface area (Å²) in [7, 11) is 0. The van der Waals surface area contributed by atoms with Gasteiger partial charge < -0.3 is 9.64 Å². The molecule has 23 heavy (non-hydrogen) atoms. The van der Waals surface area contributed by atoms with Gasteiger partial charge >= 0.3 is 6.09 Å². The number of fused-ring (bicyclic) bond motifs is 1. The topological polar surface area (TPSA) is 32.8 Å². The van der Waals surface area contributed by atoms with Crippen molar-refractivity contribution in [2.24, 2.45) is 0 Å². The molecule has 126 valence electrons. The van der Waals surface area contributed by atoms with Crippen molar-refractivity contribution >= 4 is 6.09 Å². The Bertz CT molecular complexity index is 557. The van der Waals surface area contributed by atoms with Crippen LogP contribution in [0.5, 0.6) is 0 Å². The smallest absolute Gasteiger partial charge is 0.410 e. The number of ether oxygens (including phenoxy) is 1. The summed E-state index contributed by atoms with van der Waals surface area (Å²) in [5.41, 5.74) is 2.57. The van der Waals surface area contributed by atoms with Crippen molar-refractivity contribution in [3.63, 3.8) is 0 Å². The second-order valence-electron chi connectivity index (χ2n) is 7.61. The number of hydrogen-bond acceptors (Lipinski definition) is 3. The molecule has 1 saturated heterocycles. The van der Waals surface area contributed by atoms with E-state index in [-0.39, 0.29) is 6.09 Å². The minimum absolute atomic E-state index is 0.179. The van der Waals surface area contributed by atoms with E-state index in [0.717, 1.165) is 26.2 Å². The van der Waals surface area contributed by atoms with Gasteiger partial charge in [-0.2, -0.15) is 0 Å². The highest BCUT2D eigenvalue weighted by molar-refractivity contribution is 5.68. The zero-order valence-corrected chi connectivity index (χ0v) is 14.5. The van der Waals surface area contributed by atoms with Gasteiger partial charge in [0.1, 0.15) is 5.60 Å². The maximum absolute atomic E-state index is 12.2. The highest BCUT2D eigenvalue weighted by atomic mass is 16.6. The van der Waals surface area contributed by atoms with E-state index in [9.17, 15) is 4.79 Å². The molecular formula is C19H28N2O2. The third kappa shape index (κ3) is 3.86. The zero-order chi connectivity index (χ0) is 16.4. The number of carbonyl (C=O) groups is 1. The second kappa shape index (κ2) is 6.52. The van der Waals surface area contributed by atoms with Gasteiger partial charge in [0.2, 0.25) is 0 Å². The Morgan fingerprint density at radius 3 is 2.52 bits per heavy atom. The molecule has 0 N–H and O–H groups in total. The van der Waals surface area contributed by atoms with Crippen molar-refractivity contribution in [1.29, 1.82) is 0 Å². The Morgan fingerprint density at radius 1 is 1.13 bits per heavy atom. The molecule has 2 aliphatic rings. The zero-order valence-electron chi connectivity index (χ0n) is 14.5. The number of carbonyl (C=O) groups excluding carboxylic acids is 1. The minimum Gasteiger partial charge on any atom is -0.444 e. The first kappa shape index (κ1) is 16.3. The maximum Gasteiger partial charge on any atom is 0.410 e. The molecule has 0 aromatic heterocycles. The van der Waals surface area contributed by atoms with Gasteiger partial charge in [0.05, 0.1) is 0 Å². The van der Waals surface area contributed by atoms with Crippen LogP contribution in [-0.4, -0.2) is 47.7 Å². The van der Waals surface area contributed by atoms with Crippen LogP contribution in [0.15, 0.2) is 24.3 Å². The molecule has 1 unspecified atom stereocenters. The molecular weight excluding hydrogens is 288 g/mol. The minimum atomic E-state index is -0.420. The summed E-state index contributed by atoms with van der Waals surface area (Å²) in [5.74, 6) is 0. The lowest BCUT2D eigenvalue weighted by atomic mass is 9.86. The van der Waals surface area contributed by atoms with E-state index in [1.807, 2.05) is 25.7 Å². The molecule has 1 aromatic rings. The van der Waals surface area contributed by atoms with E-state index in [4.69, 9.17) is 4.74 Å². The molecule has 1 atom stereocenters. The number of aryl methyl sites for hydroxylation is 1. The van der Waals surface area contributed by atoms with Crippen molar-refractivity contribution in [2.75, 3.05) is 26.2 Å². The Kier molecular flexibility index (Phi) is 4.62. The van der Waals surface area contributed by atoms with Gasteiger partial charge in [0.15, 0.2) is 0 Å². The van der Waals surface area contributed by atoms with Crippen LogP contribution < -0.4 is 0 Å². The third-order valence-electron chi connectivity index (χ3n) is 4.74. The van der Waals surface area contributed by atoms with E-state index in [1.165, 1.54) is 30.4 Å². The normalized spacial score (nSPS) is 22.6. The van der Waals surface area contributed by atoms with Crippen LogP contribution in [0.4, 0.5) is 4.79 Å². The van der Waals surface area contributed by atoms with E-state index in [0.29, 0.717) is 6.04 Å². The molecule has 0 spiro atoms. The SMILES string of the molecule is CC(C)(C)OC(=O)N1CCN(C2CCCc3ccccc32)CC1. The van der Waals surface area contributed by atoms with Crippen LogP contribution in [0.2, 0.25) is 0 Å². The molecule has 0 bridgehead atoms. The molecule has 1 fully saturated rings. The van der Waals surface area contributed by atoms with E-state index in [2.05, 4.69) is 29.2 Å². The second-order valence-corrected chi connectivity index (χ2v) is 7.61. The number of hydrogen-bond donors (Lipinski definition) is 0. The average Bonchev–Trinajstić information content (AvgIpc) is 2.53. The Balaban J connectivity index is 1.61. The number of rotatable bonds is 1. The van der Waals surface area contributed by atoms with Gasteiger partial charge in [-0.15, -0.1) is 0 Å². The summed E-state index contributed by atoms with van der Waals surface area (Å²) in [6.07, 6.45) is 3.50. The number of piperazine rings is 1. The predicted octanol–water partition coefficient (Wildman–Crippen LogP) is 3.62. The summed E-state index contributed by atoms with van der Waals surface area (Å²) in [6, 6.07) is 9.34. The van der Waals surface area contributed by atoms with Gasteiger partial charge in [0.25, 0.3) is 0 Å². The third-order valence-corrected chi connectivity index (χ3v) is 4.74. The maximum atomic E-state index is 12.2. The first-order valence-electron chi connectivity index (χ1n) is 8.74. The number of nitrogens with zero attached hydrogens (tertiary/aromatic N) is 2. The summed E-state index contributed by atoms with van der Waals surface area (Å²) < 4.78 is 5.48. The predicted molar refractivity (Wildman–Crippen MR) is 91.5 cm³/mol. The Morgan fingerprint density at radius 2 is 1.83 bits per heavy atom. The lowest BCUT2D eigenvalue weighted by Crippen LogP contribution is -2.51. The van der Waals surface area contributed by atoms with Crippen LogP contribution >= 0.6 is 0 Å². The number of benzene rings is 1. The fourth-order valence-corrected chi connectivity index (χ4v) is 3.65. The quantitative estimate of drug-likeness (QED) is 0.793. The lowest BCUT2D eigenvalue weighted by molar-refractivity contribution is 0.00927. The standard InChI is InChI=1S/C19H28N2O2/c1-19(2,3)23-18(22)21-13-11-20(12-14-21)17-10-6-8-15-7-4-5-9-16(15)17/h4-5,7,9,17H,6,8,10-14H2,1-3H3. The van der Waals surface area contributed by atoms with E-state index >= 15 is 0 Å². The lowest BCUT2D eigenvalue weighted by Gasteiger charge is -2.41. The Labute approximate surface area is 139 Å². The summed E-state index contributed by atoms with van der Waals surface area (Å²) in [4.78, 5) is 16.6. The highest BCUT2D eigenvalue weighted by Gasteiger charge is 2.31. The first-order chi connectivity index (χ1) is 10.9. The summed E-state index contributed by atoms with van der Waals surface area (Å²) in [5, 5.41) is 0. The molecule has 3 rings (SSSR count). The molecule has 1 aliphatic heterocycles. The largest absolute Gasteiger partial charge is 0.444 e. The van der Waals surface area contributed by atoms with Gasteiger partial charge in [-0.25, -0.2) is 4.79 Å². The van der Waals surface area contributed by atoms with E-state index < -0.39 is 5.60 Å². The van der Waals surface area contributed by atoms with Crippen LogP contribution in [0, 0.1) is 0 Å². The van der Waals surface area contributed by atoms with Gasteiger partial charge in [0, 0.05) is 32.2 Å². The Hall–Kier alpha value is -1.55. The van der Waals surface area contributed by atoms with Crippen LogP contribution in [0.3, 0.4) is 0 Å². The van der Waals surface area contributed by atoms with Crippen LogP contribution in [0.1, 0.15) is 50.8 Å². The monoisotopic (exact) mass is 316 g/mol.